The van der Waals surface area contributed by atoms with Crippen LogP contribution in [0.2, 0.25) is 0 Å². The van der Waals surface area contributed by atoms with Crippen molar-refractivity contribution >= 4 is 23.0 Å². The number of nitriles is 1. The fraction of sp³-hybridized carbons (Fsp3) is 0.308. The van der Waals surface area contributed by atoms with Gasteiger partial charge in [0.15, 0.2) is 0 Å². The third-order valence-corrected chi connectivity index (χ3v) is 7.94. The van der Waals surface area contributed by atoms with Crippen molar-refractivity contribution in [3.05, 3.63) is 71.3 Å². The minimum absolute atomic E-state index is 0.124. The highest BCUT2D eigenvalue weighted by atomic mass is 32.2. The van der Waals surface area contributed by atoms with E-state index in [-0.39, 0.29) is 18.3 Å². The molecule has 0 aliphatic heterocycles. The van der Waals surface area contributed by atoms with Crippen molar-refractivity contribution in [3.63, 3.8) is 0 Å². The monoisotopic (exact) mass is 502 g/mol. The van der Waals surface area contributed by atoms with Crippen LogP contribution >= 0.6 is 11.8 Å². The Balaban J connectivity index is 1.55. The van der Waals surface area contributed by atoms with Crippen LogP contribution in [0, 0.1) is 30.6 Å². The molecular weight excluding hydrogens is 479 g/mol. The van der Waals surface area contributed by atoms with Crippen LogP contribution in [0.3, 0.4) is 0 Å². The van der Waals surface area contributed by atoms with Crippen molar-refractivity contribution in [2.45, 2.75) is 54.0 Å². The van der Waals surface area contributed by atoms with Crippen LogP contribution in [0.15, 0.2) is 52.6 Å². The van der Waals surface area contributed by atoms with E-state index in [1.54, 1.807) is 16.8 Å². The first-order chi connectivity index (χ1) is 17.4. The fourth-order valence-corrected chi connectivity index (χ4v) is 5.86. The summed E-state index contributed by atoms with van der Waals surface area (Å²) in [6.45, 7) is 9.19. The maximum absolute atomic E-state index is 13.7. The summed E-state index contributed by atoms with van der Waals surface area (Å²) < 4.78 is 17.3. The van der Waals surface area contributed by atoms with E-state index in [0.29, 0.717) is 41.7 Å². The van der Waals surface area contributed by atoms with Crippen LogP contribution < -0.4 is 0 Å². The van der Waals surface area contributed by atoms with E-state index in [1.807, 2.05) is 23.9 Å². The number of pyridine rings is 1. The maximum Gasteiger partial charge on any atom is 0.203 e. The topological polar surface area (TPSA) is 104 Å². The molecule has 3 heterocycles. The Morgan fingerprint density at radius 2 is 2.03 bits per heavy atom. The zero-order valence-electron chi connectivity index (χ0n) is 19.5. The summed E-state index contributed by atoms with van der Waals surface area (Å²) in [6, 6.07) is 8.32. The molecule has 1 fully saturated rings. The van der Waals surface area contributed by atoms with E-state index < -0.39 is 11.4 Å². The van der Waals surface area contributed by atoms with E-state index in [2.05, 4.69) is 21.1 Å². The van der Waals surface area contributed by atoms with E-state index in [1.165, 1.54) is 30.1 Å². The second-order valence-corrected chi connectivity index (χ2v) is 10.2. The number of hydrogen-bond acceptors (Lipinski definition) is 6. The second kappa shape index (κ2) is 9.40. The summed E-state index contributed by atoms with van der Waals surface area (Å²) in [7, 11) is 0. The third-order valence-electron chi connectivity index (χ3n) is 6.84. The number of benzene rings is 1. The molecule has 3 aromatic heterocycles. The summed E-state index contributed by atoms with van der Waals surface area (Å²) in [5.74, 6) is -0.477. The molecule has 1 aromatic carbocycles. The first kappa shape index (κ1) is 24.0. The van der Waals surface area contributed by atoms with Crippen molar-refractivity contribution in [3.8, 4) is 17.2 Å². The van der Waals surface area contributed by atoms with Crippen molar-refractivity contribution < 1.29 is 14.6 Å². The number of hydrogen-bond donors (Lipinski definition) is 2. The standard InChI is InChI=1S/C26H23FN6O2S/c1-16-21(13-31-33(16)20-5-7-26(35,15-34)8-6-20)17-9-24(25-18(11-28)12-30-32(25)14-17)36-23-4-3-19(27)10-22(23)29-2/h3-4,9-10,12-14,20,34-35H,5-8,15H2,1H3. The minimum atomic E-state index is -1.01. The SMILES string of the molecule is [C-]#[N+]c1cc(F)ccc1Sc1cc(-c2cnn(C3CCC(O)(CO)CC3)c2C)cn2ncc(C#N)c12. The van der Waals surface area contributed by atoms with Crippen LogP contribution in [0.25, 0.3) is 21.5 Å². The normalized spacial score (nSPS) is 19.8. The van der Waals surface area contributed by atoms with Crippen LogP contribution in [0.4, 0.5) is 10.1 Å². The number of nitrogens with zero attached hydrogens (tertiary/aromatic N) is 6. The van der Waals surface area contributed by atoms with Crippen LogP contribution in [-0.2, 0) is 0 Å². The predicted octanol–water partition coefficient (Wildman–Crippen LogP) is 5.06. The van der Waals surface area contributed by atoms with Gasteiger partial charge in [-0.2, -0.15) is 15.5 Å². The quantitative estimate of drug-likeness (QED) is 0.370. The summed E-state index contributed by atoms with van der Waals surface area (Å²) in [4.78, 5) is 4.76. The Labute approximate surface area is 211 Å². The molecule has 0 bridgehead atoms. The number of aliphatic hydroxyl groups is 2. The van der Waals surface area contributed by atoms with Gasteiger partial charge in [-0.25, -0.2) is 13.8 Å². The zero-order chi connectivity index (χ0) is 25.4. The first-order valence-corrected chi connectivity index (χ1v) is 12.3. The lowest BCUT2D eigenvalue weighted by Crippen LogP contribution is -2.38. The number of halogens is 1. The van der Waals surface area contributed by atoms with Gasteiger partial charge in [0, 0.05) is 32.8 Å². The molecule has 0 amide bonds. The van der Waals surface area contributed by atoms with Crippen molar-refractivity contribution in [1.29, 1.82) is 5.26 Å². The largest absolute Gasteiger partial charge is 0.393 e. The van der Waals surface area contributed by atoms with E-state index in [4.69, 9.17) is 6.57 Å². The van der Waals surface area contributed by atoms with Crippen molar-refractivity contribution in [1.82, 2.24) is 19.4 Å². The highest BCUT2D eigenvalue weighted by Crippen LogP contribution is 2.41. The van der Waals surface area contributed by atoms with Crippen LogP contribution in [0.5, 0.6) is 0 Å². The van der Waals surface area contributed by atoms with Gasteiger partial charge in [-0.3, -0.25) is 4.68 Å². The van der Waals surface area contributed by atoms with Gasteiger partial charge in [0.1, 0.15) is 11.9 Å². The average Bonchev–Trinajstić information content (AvgIpc) is 3.48. The number of fused-ring (bicyclic) bond motifs is 1. The molecule has 10 heteroatoms. The summed E-state index contributed by atoms with van der Waals surface area (Å²) >= 11 is 1.29. The van der Waals surface area contributed by atoms with Gasteiger partial charge < -0.3 is 10.2 Å². The van der Waals surface area contributed by atoms with E-state index in [9.17, 15) is 19.9 Å². The van der Waals surface area contributed by atoms with Crippen LogP contribution in [-0.4, -0.2) is 41.8 Å². The Hall–Kier alpha value is -3.70. The molecule has 0 atom stereocenters. The minimum Gasteiger partial charge on any atom is -0.393 e. The molecule has 2 N–H and O–H groups in total. The molecule has 1 aliphatic rings. The van der Waals surface area contributed by atoms with E-state index in [0.717, 1.165) is 21.7 Å². The molecule has 1 aliphatic carbocycles. The van der Waals surface area contributed by atoms with Gasteiger partial charge in [0.25, 0.3) is 0 Å². The molecule has 0 spiro atoms. The smallest absolute Gasteiger partial charge is 0.203 e. The fourth-order valence-electron chi connectivity index (χ4n) is 4.79. The molecule has 36 heavy (non-hydrogen) atoms. The van der Waals surface area contributed by atoms with Gasteiger partial charge in [-0.05, 0) is 50.8 Å². The Kier molecular flexibility index (Phi) is 6.27. The van der Waals surface area contributed by atoms with Gasteiger partial charge in [-0.1, -0.05) is 17.8 Å². The third kappa shape index (κ3) is 4.24. The van der Waals surface area contributed by atoms with Crippen molar-refractivity contribution in [2.24, 2.45) is 0 Å². The van der Waals surface area contributed by atoms with Gasteiger partial charge in [-0.15, -0.1) is 0 Å². The van der Waals surface area contributed by atoms with Crippen molar-refractivity contribution in [2.75, 3.05) is 6.61 Å². The highest BCUT2D eigenvalue weighted by molar-refractivity contribution is 7.99. The van der Waals surface area contributed by atoms with Gasteiger partial charge in [0.2, 0.25) is 5.69 Å². The molecule has 0 radical (unpaired) electrons. The van der Waals surface area contributed by atoms with E-state index >= 15 is 0 Å². The lowest BCUT2D eigenvalue weighted by Gasteiger charge is -2.35. The van der Waals surface area contributed by atoms with Crippen LogP contribution in [0.1, 0.15) is 43.0 Å². The first-order valence-electron chi connectivity index (χ1n) is 11.5. The molecule has 4 aromatic rings. The summed E-state index contributed by atoms with van der Waals surface area (Å²) in [5, 5.41) is 38.5. The molecule has 0 saturated heterocycles. The summed E-state index contributed by atoms with van der Waals surface area (Å²) in [5.41, 5.74) is 2.91. The molecule has 1 saturated carbocycles. The number of aliphatic hydroxyl groups excluding tert-OH is 1. The lowest BCUT2D eigenvalue weighted by atomic mass is 9.83. The average molecular weight is 503 g/mol. The molecule has 8 nitrogen and oxygen atoms in total. The predicted molar refractivity (Wildman–Crippen MR) is 132 cm³/mol. The number of aromatic nitrogens is 4. The highest BCUT2D eigenvalue weighted by Gasteiger charge is 2.34. The molecule has 182 valence electrons. The molecule has 5 rings (SSSR count). The maximum atomic E-state index is 13.7. The Bertz CT molecular complexity index is 1540. The van der Waals surface area contributed by atoms with Gasteiger partial charge >= 0.3 is 0 Å². The zero-order valence-corrected chi connectivity index (χ0v) is 20.3. The Morgan fingerprint density at radius 1 is 1.25 bits per heavy atom. The molecular formula is C26H23FN6O2S. The lowest BCUT2D eigenvalue weighted by molar-refractivity contribution is -0.0512. The summed E-state index contributed by atoms with van der Waals surface area (Å²) in [6.07, 6.45) is 7.61. The Morgan fingerprint density at radius 3 is 2.72 bits per heavy atom. The van der Waals surface area contributed by atoms with Gasteiger partial charge in [0.05, 0.1) is 48.3 Å². The number of rotatable bonds is 5. The molecule has 0 unspecified atom stereocenters. The second-order valence-electron chi connectivity index (χ2n) is 9.08.